The minimum absolute atomic E-state index is 0.00281. The Morgan fingerprint density at radius 1 is 1.04 bits per heavy atom. The molecule has 0 spiro atoms. The maximum Gasteiger partial charge on any atom is 0.251 e. The highest BCUT2D eigenvalue weighted by Crippen LogP contribution is 2.23. The number of carbonyl (C=O) groups excluding carboxylic acids is 1. The van der Waals surface area contributed by atoms with Crippen LogP contribution in [0.25, 0.3) is 0 Å². The van der Waals surface area contributed by atoms with E-state index in [1.165, 1.54) is 5.56 Å². The molecule has 2 rings (SSSR count). The number of rotatable bonds is 5. The van der Waals surface area contributed by atoms with E-state index in [0.29, 0.717) is 5.56 Å². The fourth-order valence-corrected chi connectivity index (χ4v) is 2.94. The molecule has 0 fully saturated rings. The van der Waals surface area contributed by atoms with Crippen LogP contribution in [0.2, 0.25) is 0 Å². The van der Waals surface area contributed by atoms with Crippen molar-refractivity contribution in [3.63, 3.8) is 0 Å². The molecule has 0 aliphatic rings. The van der Waals surface area contributed by atoms with Crippen molar-refractivity contribution in [3.05, 3.63) is 70.2 Å². The summed E-state index contributed by atoms with van der Waals surface area (Å²) in [5.74, 6) is -0.00281. The van der Waals surface area contributed by atoms with Crippen molar-refractivity contribution >= 4 is 21.8 Å². The summed E-state index contributed by atoms with van der Waals surface area (Å²) in [6.07, 6.45) is 1.77. The van der Waals surface area contributed by atoms with E-state index >= 15 is 0 Å². The molecule has 2 aromatic rings. The highest BCUT2D eigenvalue weighted by Gasteiger charge is 2.21. The van der Waals surface area contributed by atoms with Gasteiger partial charge in [-0.1, -0.05) is 67.0 Å². The molecular weight excluding hydrogens is 350 g/mol. The Balaban J connectivity index is 2.10. The van der Waals surface area contributed by atoms with E-state index in [1.807, 2.05) is 42.5 Å². The zero-order valence-corrected chi connectivity index (χ0v) is 15.6. The van der Waals surface area contributed by atoms with Gasteiger partial charge in [-0.05, 0) is 48.1 Å². The van der Waals surface area contributed by atoms with Gasteiger partial charge in [-0.15, -0.1) is 0 Å². The number of carbonyl (C=O) groups is 1. The topological polar surface area (TPSA) is 29.1 Å². The number of hydrogen-bond donors (Lipinski definition) is 1. The van der Waals surface area contributed by atoms with Crippen LogP contribution < -0.4 is 5.32 Å². The van der Waals surface area contributed by atoms with Gasteiger partial charge < -0.3 is 5.32 Å². The van der Waals surface area contributed by atoms with Crippen molar-refractivity contribution in [2.45, 2.75) is 39.7 Å². The van der Waals surface area contributed by atoms with Gasteiger partial charge in [-0.3, -0.25) is 4.79 Å². The number of nitrogens with one attached hydrogen (secondary N) is 1. The first-order valence-corrected chi connectivity index (χ1v) is 8.73. The minimum Gasteiger partial charge on any atom is -0.349 e. The second-order valence-corrected chi connectivity index (χ2v) is 8.05. The Bertz CT molecular complexity index is 629. The molecule has 0 aliphatic carbocycles. The van der Waals surface area contributed by atoms with Crippen LogP contribution in [0.4, 0.5) is 0 Å². The summed E-state index contributed by atoms with van der Waals surface area (Å²) >= 11 is 3.46. The maximum absolute atomic E-state index is 12.5. The molecule has 0 saturated carbocycles. The third-order valence-corrected chi connectivity index (χ3v) is 4.15. The molecule has 23 heavy (non-hydrogen) atoms. The minimum atomic E-state index is -0.00281. The Morgan fingerprint density at radius 2 is 1.65 bits per heavy atom. The van der Waals surface area contributed by atoms with Gasteiger partial charge in [0, 0.05) is 16.1 Å². The number of benzene rings is 2. The molecule has 122 valence electrons. The van der Waals surface area contributed by atoms with Crippen molar-refractivity contribution in [1.29, 1.82) is 0 Å². The van der Waals surface area contributed by atoms with E-state index < -0.39 is 0 Å². The molecule has 0 saturated heterocycles. The molecule has 0 radical (unpaired) electrons. The van der Waals surface area contributed by atoms with E-state index in [-0.39, 0.29) is 17.4 Å². The van der Waals surface area contributed by atoms with Gasteiger partial charge in [0.15, 0.2) is 0 Å². The zero-order chi connectivity index (χ0) is 16.9. The second kappa shape index (κ2) is 7.78. The molecule has 0 bridgehead atoms. The van der Waals surface area contributed by atoms with Crippen molar-refractivity contribution in [1.82, 2.24) is 5.32 Å². The van der Waals surface area contributed by atoms with Crippen molar-refractivity contribution in [3.8, 4) is 0 Å². The summed E-state index contributed by atoms with van der Waals surface area (Å²) in [7, 11) is 0. The van der Waals surface area contributed by atoms with Crippen LogP contribution >= 0.6 is 15.9 Å². The zero-order valence-electron chi connectivity index (χ0n) is 14.0. The first-order valence-electron chi connectivity index (χ1n) is 7.94. The summed E-state index contributed by atoms with van der Waals surface area (Å²) < 4.78 is 1.07. The van der Waals surface area contributed by atoms with Crippen molar-refractivity contribution in [2.75, 3.05) is 0 Å². The van der Waals surface area contributed by atoms with Crippen LogP contribution in [0.5, 0.6) is 0 Å². The predicted molar refractivity (Wildman–Crippen MR) is 99.6 cm³/mol. The first kappa shape index (κ1) is 17.7. The standard InChI is InChI=1S/C20H24BrNO/c1-20(2,3)14-18(13-15-9-11-17(21)12-10-15)22-19(23)16-7-5-4-6-8-16/h4-12,18H,13-14H2,1-3H3,(H,22,23). The third-order valence-electron chi connectivity index (χ3n) is 3.63. The molecule has 1 unspecified atom stereocenters. The van der Waals surface area contributed by atoms with Gasteiger partial charge in [0.25, 0.3) is 5.91 Å². The molecule has 3 heteroatoms. The smallest absolute Gasteiger partial charge is 0.251 e. The van der Waals surface area contributed by atoms with Crippen LogP contribution in [-0.2, 0) is 6.42 Å². The number of halogens is 1. The van der Waals surface area contributed by atoms with Crippen molar-refractivity contribution in [2.24, 2.45) is 5.41 Å². The van der Waals surface area contributed by atoms with Gasteiger partial charge in [0.2, 0.25) is 0 Å². The quantitative estimate of drug-likeness (QED) is 0.763. The maximum atomic E-state index is 12.5. The molecule has 1 N–H and O–H groups in total. The molecule has 0 aromatic heterocycles. The molecule has 2 aromatic carbocycles. The predicted octanol–water partition coefficient (Wildman–Crippen LogP) is 5.23. The van der Waals surface area contributed by atoms with Gasteiger partial charge in [0.05, 0.1) is 0 Å². The first-order chi connectivity index (χ1) is 10.8. The van der Waals surface area contributed by atoms with Gasteiger partial charge in [-0.25, -0.2) is 0 Å². The lowest BCUT2D eigenvalue weighted by molar-refractivity contribution is 0.0926. The molecular formula is C20H24BrNO. The number of hydrogen-bond acceptors (Lipinski definition) is 1. The lowest BCUT2D eigenvalue weighted by Crippen LogP contribution is -2.39. The monoisotopic (exact) mass is 373 g/mol. The molecule has 1 atom stereocenters. The van der Waals surface area contributed by atoms with Crippen LogP contribution in [0.3, 0.4) is 0 Å². The largest absolute Gasteiger partial charge is 0.349 e. The summed E-state index contributed by atoms with van der Waals surface area (Å²) in [5.41, 5.74) is 2.10. The van der Waals surface area contributed by atoms with Crippen LogP contribution in [0, 0.1) is 5.41 Å². The van der Waals surface area contributed by atoms with E-state index in [9.17, 15) is 4.79 Å². The van der Waals surface area contributed by atoms with E-state index in [0.717, 1.165) is 17.3 Å². The lowest BCUT2D eigenvalue weighted by atomic mass is 9.85. The fraction of sp³-hybridized carbons (Fsp3) is 0.350. The average Bonchev–Trinajstić information content (AvgIpc) is 2.49. The van der Waals surface area contributed by atoms with Crippen LogP contribution in [-0.4, -0.2) is 11.9 Å². The van der Waals surface area contributed by atoms with E-state index in [1.54, 1.807) is 0 Å². The summed E-state index contributed by atoms with van der Waals surface area (Å²) in [4.78, 5) is 12.5. The van der Waals surface area contributed by atoms with Gasteiger partial charge >= 0.3 is 0 Å². The van der Waals surface area contributed by atoms with Crippen LogP contribution in [0.15, 0.2) is 59.1 Å². The highest BCUT2D eigenvalue weighted by atomic mass is 79.9. The Kier molecular flexibility index (Phi) is 6.00. The molecule has 1 amide bonds. The Labute approximate surface area is 147 Å². The van der Waals surface area contributed by atoms with Crippen molar-refractivity contribution < 1.29 is 4.79 Å². The molecule has 0 heterocycles. The third kappa shape index (κ3) is 6.19. The van der Waals surface area contributed by atoms with E-state index in [2.05, 4.69) is 54.2 Å². The number of amides is 1. The Hall–Kier alpha value is -1.61. The normalized spacial score (nSPS) is 12.7. The molecule has 2 nitrogen and oxygen atoms in total. The fourth-order valence-electron chi connectivity index (χ4n) is 2.68. The average molecular weight is 374 g/mol. The summed E-state index contributed by atoms with van der Waals surface area (Å²) in [6, 6.07) is 17.8. The summed E-state index contributed by atoms with van der Waals surface area (Å²) in [5, 5.41) is 3.20. The van der Waals surface area contributed by atoms with E-state index in [4.69, 9.17) is 0 Å². The molecule has 0 aliphatic heterocycles. The summed E-state index contributed by atoms with van der Waals surface area (Å²) in [6.45, 7) is 6.61. The SMILES string of the molecule is CC(C)(C)CC(Cc1ccc(Br)cc1)NC(=O)c1ccccc1. The van der Waals surface area contributed by atoms with Gasteiger partial charge in [0.1, 0.15) is 0 Å². The Morgan fingerprint density at radius 3 is 2.22 bits per heavy atom. The lowest BCUT2D eigenvalue weighted by Gasteiger charge is -2.27. The van der Waals surface area contributed by atoms with Crippen LogP contribution in [0.1, 0.15) is 43.1 Å². The second-order valence-electron chi connectivity index (χ2n) is 7.13. The van der Waals surface area contributed by atoms with Gasteiger partial charge in [-0.2, -0.15) is 0 Å². The highest BCUT2D eigenvalue weighted by molar-refractivity contribution is 9.10.